The van der Waals surface area contributed by atoms with Gasteiger partial charge in [-0.1, -0.05) is 30.4 Å². The number of ether oxygens (including phenoxy) is 1. The van der Waals surface area contributed by atoms with Crippen molar-refractivity contribution >= 4 is 12.0 Å². The van der Waals surface area contributed by atoms with E-state index in [1.807, 2.05) is 48.5 Å². The number of para-hydroxylation sites is 1. The summed E-state index contributed by atoms with van der Waals surface area (Å²) < 4.78 is 5.43. The van der Waals surface area contributed by atoms with Gasteiger partial charge in [0, 0.05) is 37.9 Å². The minimum atomic E-state index is 0.107. The predicted molar refractivity (Wildman–Crippen MR) is 116 cm³/mol. The Morgan fingerprint density at radius 2 is 2.07 bits per heavy atom. The minimum Gasteiger partial charge on any atom is -0.496 e. The van der Waals surface area contributed by atoms with E-state index in [1.165, 1.54) is 6.42 Å². The van der Waals surface area contributed by atoms with Crippen molar-refractivity contribution in [3.05, 3.63) is 59.9 Å². The Balaban J connectivity index is 1.31. The molecule has 1 aliphatic carbocycles. The Labute approximate surface area is 173 Å². The molecular formula is C24H31N3O2. The van der Waals surface area contributed by atoms with Crippen molar-refractivity contribution in [3.63, 3.8) is 0 Å². The van der Waals surface area contributed by atoms with Crippen molar-refractivity contribution in [3.8, 4) is 5.75 Å². The molecule has 1 saturated heterocycles. The van der Waals surface area contributed by atoms with Gasteiger partial charge in [-0.25, -0.2) is 0 Å². The molecule has 1 saturated carbocycles. The normalized spacial score (nSPS) is 24.6. The van der Waals surface area contributed by atoms with Crippen LogP contribution >= 0.6 is 0 Å². The van der Waals surface area contributed by atoms with Crippen LogP contribution in [0.3, 0.4) is 0 Å². The van der Waals surface area contributed by atoms with E-state index in [-0.39, 0.29) is 5.91 Å². The molecule has 2 heterocycles. The molecule has 2 aromatic rings. The Hall–Kier alpha value is -2.53. The minimum absolute atomic E-state index is 0.107. The van der Waals surface area contributed by atoms with Gasteiger partial charge in [0.15, 0.2) is 0 Å². The Morgan fingerprint density at radius 1 is 1.24 bits per heavy atom. The van der Waals surface area contributed by atoms with Crippen LogP contribution < -0.4 is 4.74 Å². The number of hydrogen-bond acceptors (Lipinski definition) is 3. The number of aromatic amines is 1. The molecule has 5 heteroatoms. The number of methoxy groups -OCH3 is 1. The second kappa shape index (κ2) is 8.87. The van der Waals surface area contributed by atoms with Gasteiger partial charge in [0.05, 0.1) is 7.11 Å². The van der Waals surface area contributed by atoms with Crippen LogP contribution in [0, 0.1) is 11.8 Å². The van der Waals surface area contributed by atoms with Gasteiger partial charge in [-0.05, 0) is 55.8 Å². The molecule has 4 rings (SSSR count). The number of nitrogens with one attached hydrogen (secondary N) is 1. The third kappa shape index (κ3) is 4.40. The number of H-pyrrole nitrogens is 1. The van der Waals surface area contributed by atoms with Crippen LogP contribution in [0.4, 0.5) is 0 Å². The van der Waals surface area contributed by atoms with Crippen LogP contribution in [-0.2, 0) is 0 Å². The number of hydrogen-bond donors (Lipinski definition) is 1. The molecule has 1 aliphatic heterocycles. The number of carbonyl (C=O) groups excluding carboxylic acids is 1. The lowest BCUT2D eigenvalue weighted by Gasteiger charge is -2.34. The molecule has 0 bridgehead atoms. The van der Waals surface area contributed by atoms with Crippen LogP contribution in [-0.4, -0.2) is 60.5 Å². The molecule has 1 aromatic heterocycles. The largest absolute Gasteiger partial charge is 0.496 e. The molecule has 0 spiro atoms. The first kappa shape index (κ1) is 19.8. The van der Waals surface area contributed by atoms with Crippen LogP contribution in [0.2, 0.25) is 0 Å². The molecule has 0 radical (unpaired) electrons. The molecule has 2 aliphatic rings. The number of benzene rings is 1. The van der Waals surface area contributed by atoms with Crippen LogP contribution in [0.1, 0.15) is 35.3 Å². The van der Waals surface area contributed by atoms with Gasteiger partial charge >= 0.3 is 0 Å². The molecule has 5 nitrogen and oxygen atoms in total. The molecule has 1 N–H and O–H groups in total. The molecule has 0 unspecified atom stereocenters. The number of amides is 1. The third-order valence-corrected chi connectivity index (χ3v) is 6.62. The smallest absolute Gasteiger partial charge is 0.270 e. The average molecular weight is 394 g/mol. The maximum absolute atomic E-state index is 12.7. The summed E-state index contributed by atoms with van der Waals surface area (Å²) in [5.74, 6) is 2.45. The van der Waals surface area contributed by atoms with Gasteiger partial charge in [-0.3, -0.25) is 9.69 Å². The van der Waals surface area contributed by atoms with Gasteiger partial charge in [-0.15, -0.1) is 0 Å². The van der Waals surface area contributed by atoms with Crippen molar-refractivity contribution in [1.82, 2.24) is 14.8 Å². The number of fused-ring (bicyclic) bond motifs is 1. The first-order valence-corrected chi connectivity index (χ1v) is 10.6. The number of aromatic nitrogens is 1. The Morgan fingerprint density at radius 3 is 2.86 bits per heavy atom. The van der Waals surface area contributed by atoms with Gasteiger partial charge in [-0.2, -0.15) is 0 Å². The maximum atomic E-state index is 12.7. The summed E-state index contributed by atoms with van der Waals surface area (Å²) in [4.78, 5) is 20.2. The number of likely N-dealkylation sites (tertiary alicyclic amines) is 1. The highest BCUT2D eigenvalue weighted by Crippen LogP contribution is 2.40. The van der Waals surface area contributed by atoms with Crippen LogP contribution in [0.25, 0.3) is 6.08 Å². The summed E-state index contributed by atoms with van der Waals surface area (Å²) in [6, 6.07) is 12.2. The number of piperidine rings is 1. The van der Waals surface area contributed by atoms with Gasteiger partial charge in [0.2, 0.25) is 0 Å². The van der Waals surface area contributed by atoms with E-state index in [1.54, 1.807) is 7.11 Å². The zero-order valence-corrected chi connectivity index (χ0v) is 17.4. The fourth-order valence-corrected chi connectivity index (χ4v) is 4.96. The van der Waals surface area contributed by atoms with E-state index >= 15 is 0 Å². The topological polar surface area (TPSA) is 48.6 Å². The summed E-state index contributed by atoms with van der Waals surface area (Å²) in [7, 11) is 3.67. The highest BCUT2D eigenvalue weighted by Gasteiger charge is 2.40. The van der Waals surface area contributed by atoms with Gasteiger partial charge in [0.25, 0.3) is 5.91 Å². The van der Waals surface area contributed by atoms with Gasteiger partial charge < -0.3 is 14.6 Å². The summed E-state index contributed by atoms with van der Waals surface area (Å²) >= 11 is 0. The monoisotopic (exact) mass is 393 g/mol. The molecule has 1 aromatic carbocycles. The molecule has 29 heavy (non-hydrogen) atoms. The number of rotatable bonds is 6. The molecule has 3 atom stereocenters. The highest BCUT2D eigenvalue weighted by atomic mass is 16.5. The first-order chi connectivity index (χ1) is 14.2. The van der Waals surface area contributed by atoms with Crippen molar-refractivity contribution in [2.24, 2.45) is 11.8 Å². The second-order valence-corrected chi connectivity index (χ2v) is 8.34. The lowest BCUT2D eigenvalue weighted by atomic mass is 9.89. The molecule has 154 valence electrons. The summed E-state index contributed by atoms with van der Waals surface area (Å²) in [6.45, 7) is 3.23. The highest BCUT2D eigenvalue weighted by molar-refractivity contribution is 5.92. The lowest BCUT2D eigenvalue weighted by molar-refractivity contribution is 0.0725. The van der Waals surface area contributed by atoms with Crippen molar-refractivity contribution in [1.29, 1.82) is 0 Å². The standard InChI is InChI=1S/C24H31N3O2/c1-26(24(28)22-9-5-12-25-22)21-15-19-11-14-27(17-20(19)16-21)13-6-8-18-7-3-4-10-23(18)29-2/h3-10,12,19-21,25H,11,13-17H2,1-2H3/b8-6+/t19-,20-,21+/m1/s1. The predicted octanol–water partition coefficient (Wildman–Crippen LogP) is 3.91. The van der Waals surface area contributed by atoms with E-state index in [0.717, 1.165) is 49.7 Å². The third-order valence-electron chi connectivity index (χ3n) is 6.62. The summed E-state index contributed by atoms with van der Waals surface area (Å²) in [5, 5.41) is 0. The Kier molecular flexibility index (Phi) is 6.05. The first-order valence-electron chi connectivity index (χ1n) is 10.6. The lowest BCUT2D eigenvalue weighted by Crippen LogP contribution is -2.38. The summed E-state index contributed by atoms with van der Waals surface area (Å²) in [5.41, 5.74) is 1.81. The molecule has 2 fully saturated rings. The maximum Gasteiger partial charge on any atom is 0.270 e. The molecule has 1 amide bonds. The number of nitrogens with zero attached hydrogens (tertiary/aromatic N) is 2. The number of carbonyl (C=O) groups is 1. The fraction of sp³-hybridized carbons (Fsp3) is 0.458. The second-order valence-electron chi connectivity index (χ2n) is 8.34. The fourth-order valence-electron chi connectivity index (χ4n) is 4.96. The zero-order chi connectivity index (χ0) is 20.2. The van der Waals surface area contributed by atoms with Crippen LogP contribution in [0.5, 0.6) is 5.75 Å². The van der Waals surface area contributed by atoms with Crippen molar-refractivity contribution in [2.45, 2.75) is 25.3 Å². The van der Waals surface area contributed by atoms with Crippen molar-refractivity contribution in [2.75, 3.05) is 33.8 Å². The van der Waals surface area contributed by atoms with E-state index in [9.17, 15) is 4.79 Å². The average Bonchev–Trinajstić information content (AvgIpc) is 3.42. The van der Waals surface area contributed by atoms with Gasteiger partial charge in [0.1, 0.15) is 11.4 Å². The molecular weight excluding hydrogens is 362 g/mol. The summed E-state index contributed by atoms with van der Waals surface area (Å²) in [6.07, 6.45) is 9.69. The Bertz CT molecular complexity index is 846. The zero-order valence-electron chi connectivity index (χ0n) is 17.4. The SMILES string of the molecule is COc1ccccc1/C=C/CN1CC[C@@H]2C[C@H](N(C)C(=O)c3ccc[nH]3)C[C@@H]2C1. The van der Waals surface area contributed by atoms with E-state index in [4.69, 9.17) is 4.74 Å². The van der Waals surface area contributed by atoms with Crippen molar-refractivity contribution < 1.29 is 9.53 Å². The van der Waals surface area contributed by atoms with E-state index < -0.39 is 0 Å². The van der Waals surface area contributed by atoms with E-state index in [2.05, 4.69) is 28.1 Å². The van der Waals surface area contributed by atoms with Crippen LogP contribution in [0.15, 0.2) is 48.7 Å². The van der Waals surface area contributed by atoms with E-state index in [0.29, 0.717) is 17.7 Å². The quantitative estimate of drug-likeness (QED) is 0.810.